The van der Waals surface area contributed by atoms with E-state index in [9.17, 15) is 9.18 Å². The first kappa shape index (κ1) is 14.7. The first-order valence-corrected chi connectivity index (χ1v) is 6.93. The van der Waals surface area contributed by atoms with Gasteiger partial charge in [0.25, 0.3) is 5.91 Å². The number of amides is 1. The highest BCUT2D eigenvalue weighted by atomic mass is 79.9. The molecule has 0 radical (unpaired) electrons. The van der Waals surface area contributed by atoms with Gasteiger partial charge in [-0.25, -0.2) is 9.37 Å². The molecule has 1 heterocycles. The Balaban J connectivity index is 2.22. The lowest BCUT2D eigenvalue weighted by atomic mass is 10.1. The maximum atomic E-state index is 13.8. The van der Waals surface area contributed by atoms with Crippen LogP contribution in [0.4, 0.5) is 4.39 Å². The number of carbonyl (C=O) groups excluding carboxylic acids is 1. The Morgan fingerprint density at radius 1 is 1.30 bits per heavy atom. The zero-order chi connectivity index (χ0) is 14.7. The highest BCUT2D eigenvalue weighted by Gasteiger charge is 2.21. The fourth-order valence-electron chi connectivity index (χ4n) is 1.90. The average molecular weight is 337 g/mol. The minimum Gasteiger partial charge on any atom is -0.335 e. The lowest BCUT2D eigenvalue weighted by Gasteiger charge is -2.25. The Morgan fingerprint density at radius 3 is 2.60 bits per heavy atom. The molecule has 0 aliphatic carbocycles. The van der Waals surface area contributed by atoms with E-state index in [-0.39, 0.29) is 17.8 Å². The second-order valence-corrected chi connectivity index (χ2v) is 5.30. The molecule has 104 valence electrons. The molecule has 2 aromatic rings. The van der Waals surface area contributed by atoms with E-state index in [2.05, 4.69) is 20.9 Å². The molecule has 1 aromatic heterocycles. The van der Waals surface area contributed by atoms with Gasteiger partial charge in [0.2, 0.25) is 0 Å². The number of benzene rings is 1. The van der Waals surface area contributed by atoms with Crippen molar-refractivity contribution in [2.45, 2.75) is 13.0 Å². The van der Waals surface area contributed by atoms with Gasteiger partial charge in [-0.3, -0.25) is 4.79 Å². The predicted octanol–water partition coefficient (Wildman–Crippen LogP) is 3.82. The standard InChI is InChI=1S/C15H14BrFN2O/c1-10(12-5-3-4-6-13(12)17)19(2)15(20)11-7-8-14(16)18-9-11/h3-10H,1-2H3. The van der Waals surface area contributed by atoms with E-state index in [1.165, 1.54) is 17.2 Å². The molecule has 20 heavy (non-hydrogen) atoms. The molecule has 1 unspecified atom stereocenters. The highest BCUT2D eigenvalue weighted by molar-refractivity contribution is 9.10. The van der Waals surface area contributed by atoms with Crippen LogP contribution >= 0.6 is 15.9 Å². The summed E-state index contributed by atoms with van der Waals surface area (Å²) in [5.41, 5.74) is 0.965. The molecule has 0 fully saturated rings. The molecule has 2 rings (SSSR count). The van der Waals surface area contributed by atoms with Crippen LogP contribution < -0.4 is 0 Å². The minimum atomic E-state index is -0.354. The molecule has 0 aliphatic heterocycles. The van der Waals surface area contributed by atoms with Crippen LogP contribution in [0.3, 0.4) is 0 Å². The van der Waals surface area contributed by atoms with Gasteiger partial charge in [-0.2, -0.15) is 0 Å². The Kier molecular flexibility index (Phi) is 4.49. The van der Waals surface area contributed by atoms with E-state index in [1.54, 1.807) is 44.3 Å². The molecule has 5 heteroatoms. The van der Waals surface area contributed by atoms with Gasteiger partial charge in [0.15, 0.2) is 0 Å². The van der Waals surface area contributed by atoms with Crippen molar-refractivity contribution in [2.75, 3.05) is 7.05 Å². The maximum Gasteiger partial charge on any atom is 0.255 e. The SMILES string of the molecule is CC(c1ccccc1F)N(C)C(=O)c1ccc(Br)nc1. The monoisotopic (exact) mass is 336 g/mol. The summed E-state index contributed by atoms with van der Waals surface area (Å²) in [6.45, 7) is 1.79. The number of carbonyl (C=O) groups is 1. The van der Waals surface area contributed by atoms with Crippen molar-refractivity contribution in [1.82, 2.24) is 9.88 Å². The summed E-state index contributed by atoms with van der Waals surface area (Å²) in [7, 11) is 1.65. The van der Waals surface area contributed by atoms with Crippen LogP contribution in [-0.2, 0) is 0 Å². The van der Waals surface area contributed by atoms with Crippen molar-refractivity contribution in [3.8, 4) is 0 Å². The molecule has 1 aromatic carbocycles. The normalized spacial score (nSPS) is 12.0. The third-order valence-electron chi connectivity index (χ3n) is 3.23. The van der Waals surface area contributed by atoms with E-state index < -0.39 is 0 Å². The van der Waals surface area contributed by atoms with E-state index >= 15 is 0 Å². The molecule has 0 saturated carbocycles. The van der Waals surface area contributed by atoms with Crippen molar-refractivity contribution in [3.05, 3.63) is 64.1 Å². The molecule has 0 spiro atoms. The van der Waals surface area contributed by atoms with Crippen LogP contribution in [0.15, 0.2) is 47.2 Å². The zero-order valence-corrected chi connectivity index (χ0v) is 12.8. The zero-order valence-electron chi connectivity index (χ0n) is 11.2. The summed E-state index contributed by atoms with van der Waals surface area (Å²) in [5.74, 6) is -0.505. The molecule has 0 bridgehead atoms. The number of rotatable bonds is 3. The Morgan fingerprint density at radius 2 is 2.00 bits per heavy atom. The van der Waals surface area contributed by atoms with Gasteiger partial charge in [-0.05, 0) is 41.1 Å². The average Bonchev–Trinajstić information content (AvgIpc) is 2.46. The smallest absolute Gasteiger partial charge is 0.255 e. The van der Waals surface area contributed by atoms with Gasteiger partial charge in [-0.1, -0.05) is 18.2 Å². The fourth-order valence-corrected chi connectivity index (χ4v) is 2.14. The van der Waals surface area contributed by atoms with Crippen molar-refractivity contribution in [1.29, 1.82) is 0 Å². The van der Waals surface area contributed by atoms with Gasteiger partial charge < -0.3 is 4.90 Å². The largest absolute Gasteiger partial charge is 0.335 e. The molecule has 0 saturated heterocycles. The number of hydrogen-bond donors (Lipinski definition) is 0. The second kappa shape index (κ2) is 6.13. The topological polar surface area (TPSA) is 33.2 Å². The lowest BCUT2D eigenvalue weighted by molar-refractivity contribution is 0.0740. The molecule has 3 nitrogen and oxygen atoms in total. The van der Waals surface area contributed by atoms with Crippen LogP contribution in [0.5, 0.6) is 0 Å². The van der Waals surface area contributed by atoms with E-state index in [1.807, 2.05) is 0 Å². The number of hydrogen-bond acceptors (Lipinski definition) is 2. The molecule has 0 aliphatic rings. The van der Waals surface area contributed by atoms with E-state index in [4.69, 9.17) is 0 Å². The van der Waals surface area contributed by atoms with Crippen LogP contribution in [0.25, 0.3) is 0 Å². The first-order valence-electron chi connectivity index (χ1n) is 6.14. The number of pyridine rings is 1. The van der Waals surface area contributed by atoms with Crippen LogP contribution in [0.2, 0.25) is 0 Å². The van der Waals surface area contributed by atoms with Crippen molar-refractivity contribution >= 4 is 21.8 Å². The Bertz CT molecular complexity index is 616. The maximum absolute atomic E-state index is 13.8. The number of aromatic nitrogens is 1. The Labute approximate surface area is 125 Å². The van der Waals surface area contributed by atoms with Crippen molar-refractivity contribution in [3.63, 3.8) is 0 Å². The fraction of sp³-hybridized carbons (Fsp3) is 0.200. The van der Waals surface area contributed by atoms with Crippen LogP contribution in [0, 0.1) is 5.82 Å². The number of halogens is 2. The summed E-state index contributed by atoms with van der Waals surface area (Å²) < 4.78 is 14.4. The summed E-state index contributed by atoms with van der Waals surface area (Å²) >= 11 is 3.22. The van der Waals surface area contributed by atoms with Crippen molar-refractivity contribution < 1.29 is 9.18 Å². The quantitative estimate of drug-likeness (QED) is 0.798. The van der Waals surface area contributed by atoms with Gasteiger partial charge in [0, 0.05) is 18.8 Å². The second-order valence-electron chi connectivity index (χ2n) is 4.48. The highest BCUT2D eigenvalue weighted by Crippen LogP contribution is 2.23. The van der Waals surface area contributed by atoms with E-state index in [0.717, 1.165) is 0 Å². The summed E-state index contributed by atoms with van der Waals surface area (Å²) in [5, 5.41) is 0. The van der Waals surface area contributed by atoms with Crippen molar-refractivity contribution in [2.24, 2.45) is 0 Å². The Hall–Kier alpha value is -1.75. The predicted molar refractivity (Wildman–Crippen MR) is 78.8 cm³/mol. The molecule has 1 atom stereocenters. The third-order valence-corrected chi connectivity index (χ3v) is 3.70. The van der Waals surface area contributed by atoms with E-state index in [0.29, 0.717) is 15.7 Å². The molecule has 0 N–H and O–H groups in total. The third kappa shape index (κ3) is 3.04. The van der Waals surface area contributed by atoms with Gasteiger partial charge in [-0.15, -0.1) is 0 Å². The minimum absolute atomic E-state index is 0.194. The van der Waals surface area contributed by atoms with Gasteiger partial charge in [0.05, 0.1) is 11.6 Å². The lowest BCUT2D eigenvalue weighted by Crippen LogP contribution is -2.30. The molecular formula is C15H14BrFN2O. The summed E-state index contributed by atoms with van der Waals surface area (Å²) in [6.07, 6.45) is 1.50. The first-order chi connectivity index (χ1) is 9.50. The van der Waals surface area contributed by atoms with Gasteiger partial charge in [0.1, 0.15) is 10.4 Å². The summed E-state index contributed by atoms with van der Waals surface area (Å²) in [4.78, 5) is 17.9. The van der Waals surface area contributed by atoms with Crippen LogP contribution in [0.1, 0.15) is 28.9 Å². The summed E-state index contributed by atoms with van der Waals surface area (Å²) in [6, 6.07) is 9.50. The molecular weight excluding hydrogens is 323 g/mol. The van der Waals surface area contributed by atoms with Crippen LogP contribution in [-0.4, -0.2) is 22.8 Å². The number of nitrogens with zero attached hydrogens (tertiary/aromatic N) is 2. The van der Waals surface area contributed by atoms with Gasteiger partial charge >= 0.3 is 0 Å². The molecule has 1 amide bonds.